The minimum Gasteiger partial charge on any atom is -0.480 e. The van der Waals surface area contributed by atoms with Crippen molar-refractivity contribution in [3.05, 3.63) is 12.4 Å². The Morgan fingerprint density at radius 1 is 1.38 bits per heavy atom. The number of methoxy groups -OCH3 is 1. The molecule has 0 bridgehead atoms. The summed E-state index contributed by atoms with van der Waals surface area (Å²) in [4.78, 5) is 8.20. The van der Waals surface area contributed by atoms with Crippen molar-refractivity contribution in [2.75, 3.05) is 20.2 Å². The van der Waals surface area contributed by atoms with E-state index in [1.807, 2.05) is 0 Å². The maximum Gasteiger partial charge on any atom is 0.235 e. The van der Waals surface area contributed by atoms with E-state index < -0.39 is 0 Å². The molecule has 0 saturated carbocycles. The minimum absolute atomic E-state index is 0.162. The number of ether oxygens (including phenoxy) is 2. The van der Waals surface area contributed by atoms with Crippen molar-refractivity contribution in [3.63, 3.8) is 0 Å². The highest BCUT2D eigenvalue weighted by molar-refractivity contribution is 5.13. The SMILES string of the molecule is COc1cncc(OC2CNCCC2C)n1. The monoisotopic (exact) mass is 223 g/mol. The van der Waals surface area contributed by atoms with Gasteiger partial charge < -0.3 is 14.8 Å². The maximum atomic E-state index is 5.79. The normalized spacial score (nSPS) is 25.1. The molecule has 0 aromatic carbocycles. The van der Waals surface area contributed by atoms with Crippen LogP contribution in [0.25, 0.3) is 0 Å². The quantitative estimate of drug-likeness (QED) is 0.823. The van der Waals surface area contributed by atoms with Gasteiger partial charge in [-0.05, 0) is 18.9 Å². The Balaban J connectivity index is 2.01. The molecular formula is C11H17N3O2. The summed E-state index contributed by atoms with van der Waals surface area (Å²) in [7, 11) is 1.57. The number of nitrogens with one attached hydrogen (secondary N) is 1. The molecule has 0 amide bonds. The zero-order valence-electron chi connectivity index (χ0n) is 9.64. The van der Waals surface area contributed by atoms with E-state index in [9.17, 15) is 0 Å². The summed E-state index contributed by atoms with van der Waals surface area (Å²) in [6.07, 6.45) is 4.47. The van der Waals surface area contributed by atoms with Gasteiger partial charge in [0.2, 0.25) is 11.8 Å². The molecule has 2 atom stereocenters. The predicted octanol–water partition coefficient (Wildman–Crippen LogP) is 0.862. The van der Waals surface area contributed by atoms with Crippen LogP contribution in [-0.2, 0) is 0 Å². The first kappa shape index (κ1) is 11.1. The number of aromatic nitrogens is 2. The summed E-state index contributed by atoms with van der Waals surface area (Å²) in [6, 6.07) is 0. The van der Waals surface area contributed by atoms with Crippen molar-refractivity contribution in [3.8, 4) is 11.8 Å². The molecule has 5 heteroatoms. The molecule has 2 unspecified atom stereocenters. The second-order valence-electron chi connectivity index (χ2n) is 4.03. The first-order valence-electron chi connectivity index (χ1n) is 5.53. The van der Waals surface area contributed by atoms with Gasteiger partial charge in [-0.3, -0.25) is 4.98 Å². The van der Waals surface area contributed by atoms with Crippen molar-refractivity contribution in [2.24, 2.45) is 5.92 Å². The van der Waals surface area contributed by atoms with Gasteiger partial charge in [0.1, 0.15) is 6.10 Å². The number of piperidine rings is 1. The van der Waals surface area contributed by atoms with E-state index in [-0.39, 0.29) is 6.10 Å². The molecular weight excluding hydrogens is 206 g/mol. The lowest BCUT2D eigenvalue weighted by atomic mass is 9.97. The Kier molecular flexibility index (Phi) is 3.56. The van der Waals surface area contributed by atoms with Crippen molar-refractivity contribution in [1.82, 2.24) is 15.3 Å². The summed E-state index contributed by atoms with van der Waals surface area (Å²) >= 11 is 0. The van der Waals surface area contributed by atoms with Gasteiger partial charge in [-0.25, -0.2) is 0 Å². The standard InChI is InChI=1S/C11H17N3O2/c1-8-3-4-12-5-9(8)16-11-7-13-6-10(14-11)15-2/h6-9,12H,3-5H2,1-2H3. The van der Waals surface area contributed by atoms with Gasteiger partial charge in [0.15, 0.2) is 0 Å². The Hall–Kier alpha value is -1.36. The van der Waals surface area contributed by atoms with Crippen molar-refractivity contribution in [2.45, 2.75) is 19.4 Å². The fraction of sp³-hybridized carbons (Fsp3) is 0.636. The molecule has 1 aromatic heterocycles. The third-order valence-electron chi connectivity index (χ3n) is 2.83. The largest absolute Gasteiger partial charge is 0.480 e. The topological polar surface area (TPSA) is 56.3 Å². The molecule has 2 heterocycles. The molecule has 2 rings (SSSR count). The van der Waals surface area contributed by atoms with Crippen LogP contribution in [-0.4, -0.2) is 36.3 Å². The summed E-state index contributed by atoms with van der Waals surface area (Å²) in [5.41, 5.74) is 0. The van der Waals surface area contributed by atoms with E-state index in [2.05, 4.69) is 22.2 Å². The van der Waals surface area contributed by atoms with Crippen molar-refractivity contribution < 1.29 is 9.47 Å². The highest BCUT2D eigenvalue weighted by Crippen LogP contribution is 2.18. The van der Waals surface area contributed by atoms with Crippen LogP contribution in [0, 0.1) is 5.92 Å². The summed E-state index contributed by atoms with van der Waals surface area (Å²) in [6.45, 7) is 4.12. The fourth-order valence-corrected chi connectivity index (χ4v) is 1.76. The second kappa shape index (κ2) is 5.12. The molecule has 5 nitrogen and oxygen atoms in total. The number of hydrogen-bond acceptors (Lipinski definition) is 5. The van der Waals surface area contributed by atoms with Gasteiger partial charge in [-0.15, -0.1) is 0 Å². The zero-order valence-corrected chi connectivity index (χ0v) is 9.64. The fourth-order valence-electron chi connectivity index (χ4n) is 1.76. The van der Waals surface area contributed by atoms with Gasteiger partial charge in [0.25, 0.3) is 0 Å². The summed E-state index contributed by atoms with van der Waals surface area (Å²) < 4.78 is 10.8. The zero-order chi connectivity index (χ0) is 11.4. The number of rotatable bonds is 3. The smallest absolute Gasteiger partial charge is 0.235 e. The molecule has 1 saturated heterocycles. The summed E-state index contributed by atoms with van der Waals surface area (Å²) in [5.74, 6) is 1.54. The van der Waals surface area contributed by atoms with Gasteiger partial charge in [0.05, 0.1) is 19.5 Å². The Morgan fingerprint density at radius 2 is 2.19 bits per heavy atom. The van der Waals surface area contributed by atoms with E-state index in [1.54, 1.807) is 19.5 Å². The molecule has 1 aromatic rings. The van der Waals surface area contributed by atoms with E-state index in [0.717, 1.165) is 19.5 Å². The molecule has 1 aliphatic rings. The Morgan fingerprint density at radius 3 is 2.94 bits per heavy atom. The molecule has 0 aliphatic carbocycles. The highest BCUT2D eigenvalue weighted by Gasteiger charge is 2.23. The average molecular weight is 223 g/mol. The van der Waals surface area contributed by atoms with Gasteiger partial charge in [0, 0.05) is 6.54 Å². The first-order chi connectivity index (χ1) is 7.79. The lowest BCUT2D eigenvalue weighted by Gasteiger charge is -2.29. The lowest BCUT2D eigenvalue weighted by molar-refractivity contribution is 0.108. The van der Waals surface area contributed by atoms with Crippen LogP contribution < -0.4 is 14.8 Å². The van der Waals surface area contributed by atoms with E-state index in [1.165, 1.54) is 0 Å². The van der Waals surface area contributed by atoms with E-state index >= 15 is 0 Å². The molecule has 16 heavy (non-hydrogen) atoms. The van der Waals surface area contributed by atoms with Crippen LogP contribution in [0.2, 0.25) is 0 Å². The predicted molar refractivity (Wildman–Crippen MR) is 59.7 cm³/mol. The molecule has 1 fully saturated rings. The molecule has 1 aliphatic heterocycles. The van der Waals surface area contributed by atoms with Gasteiger partial charge in [-0.1, -0.05) is 6.92 Å². The third-order valence-corrected chi connectivity index (χ3v) is 2.83. The van der Waals surface area contributed by atoms with Gasteiger partial charge in [-0.2, -0.15) is 4.98 Å². The summed E-state index contributed by atoms with van der Waals surface area (Å²) in [5, 5.41) is 3.31. The minimum atomic E-state index is 0.162. The second-order valence-corrected chi connectivity index (χ2v) is 4.03. The number of hydrogen-bond donors (Lipinski definition) is 1. The Bertz CT molecular complexity index is 346. The third kappa shape index (κ3) is 2.61. The Labute approximate surface area is 95.2 Å². The van der Waals surface area contributed by atoms with Crippen LogP contribution in [0.4, 0.5) is 0 Å². The maximum absolute atomic E-state index is 5.79. The lowest BCUT2D eigenvalue weighted by Crippen LogP contribution is -2.43. The molecule has 88 valence electrons. The van der Waals surface area contributed by atoms with Crippen LogP contribution in [0.5, 0.6) is 11.8 Å². The molecule has 1 N–H and O–H groups in total. The van der Waals surface area contributed by atoms with Crippen molar-refractivity contribution >= 4 is 0 Å². The number of nitrogens with zero attached hydrogens (tertiary/aromatic N) is 2. The van der Waals surface area contributed by atoms with Crippen LogP contribution in [0.3, 0.4) is 0 Å². The van der Waals surface area contributed by atoms with Gasteiger partial charge >= 0.3 is 0 Å². The van der Waals surface area contributed by atoms with Crippen LogP contribution in [0.1, 0.15) is 13.3 Å². The first-order valence-corrected chi connectivity index (χ1v) is 5.53. The van der Waals surface area contributed by atoms with E-state index in [0.29, 0.717) is 17.7 Å². The van der Waals surface area contributed by atoms with E-state index in [4.69, 9.17) is 9.47 Å². The molecule has 0 radical (unpaired) electrons. The van der Waals surface area contributed by atoms with Crippen LogP contribution in [0.15, 0.2) is 12.4 Å². The van der Waals surface area contributed by atoms with Crippen molar-refractivity contribution in [1.29, 1.82) is 0 Å². The molecule has 0 spiro atoms. The average Bonchev–Trinajstić information content (AvgIpc) is 2.32. The van der Waals surface area contributed by atoms with Crippen LogP contribution >= 0.6 is 0 Å². The highest BCUT2D eigenvalue weighted by atomic mass is 16.5.